The van der Waals surface area contributed by atoms with E-state index in [0.717, 1.165) is 12.0 Å². The molecule has 1 aromatic rings. The predicted molar refractivity (Wildman–Crippen MR) is 90.5 cm³/mol. The average molecular weight is 344 g/mol. The number of fused-ring (bicyclic) bond motifs is 2. The Hall–Kier alpha value is -2.08. The smallest absolute Gasteiger partial charge is 0.411 e. The Kier molecular flexibility index (Phi) is 3.95. The lowest BCUT2D eigenvalue weighted by molar-refractivity contribution is -0.204. The van der Waals surface area contributed by atoms with Gasteiger partial charge in [0.25, 0.3) is 5.91 Å². The van der Waals surface area contributed by atoms with Crippen LogP contribution in [0.2, 0.25) is 0 Å². The summed E-state index contributed by atoms with van der Waals surface area (Å²) in [4.78, 5) is 29.0. The van der Waals surface area contributed by atoms with Crippen molar-refractivity contribution >= 4 is 12.0 Å². The van der Waals surface area contributed by atoms with Crippen LogP contribution in [0.15, 0.2) is 30.3 Å². The number of rotatable bonds is 3. The van der Waals surface area contributed by atoms with E-state index in [4.69, 9.17) is 9.47 Å². The second kappa shape index (κ2) is 6.02. The molecule has 1 aromatic carbocycles. The van der Waals surface area contributed by atoms with Crippen molar-refractivity contribution in [2.24, 2.45) is 5.92 Å². The molecule has 0 saturated carbocycles. The third-order valence-corrected chi connectivity index (χ3v) is 5.57. The van der Waals surface area contributed by atoms with Gasteiger partial charge in [0.1, 0.15) is 12.8 Å². The quantitative estimate of drug-likeness (QED) is 0.790. The molecular weight excluding hydrogens is 320 g/mol. The molecule has 0 bridgehead atoms. The van der Waals surface area contributed by atoms with Gasteiger partial charge in [0.2, 0.25) is 0 Å². The Morgan fingerprint density at radius 1 is 1.36 bits per heavy atom. The summed E-state index contributed by atoms with van der Waals surface area (Å²) in [5.74, 6) is 0.309. The zero-order chi connectivity index (χ0) is 17.6. The summed E-state index contributed by atoms with van der Waals surface area (Å²) in [6.45, 7) is 5.47. The van der Waals surface area contributed by atoms with Gasteiger partial charge in [-0.25, -0.2) is 4.79 Å². The van der Waals surface area contributed by atoms with E-state index in [1.54, 1.807) is 4.90 Å². The first kappa shape index (κ1) is 16.4. The average Bonchev–Trinajstić information content (AvgIpc) is 3.25. The van der Waals surface area contributed by atoms with Crippen LogP contribution < -0.4 is 0 Å². The van der Waals surface area contributed by atoms with Crippen LogP contribution in [0.3, 0.4) is 0 Å². The van der Waals surface area contributed by atoms with Crippen LogP contribution in [-0.4, -0.2) is 52.8 Å². The minimum atomic E-state index is -0.838. The summed E-state index contributed by atoms with van der Waals surface area (Å²) >= 11 is 0. The summed E-state index contributed by atoms with van der Waals surface area (Å²) in [6.07, 6.45) is 0.845. The molecule has 6 nitrogen and oxygen atoms in total. The van der Waals surface area contributed by atoms with Crippen LogP contribution >= 0.6 is 0 Å². The van der Waals surface area contributed by atoms with Crippen LogP contribution in [0, 0.1) is 5.92 Å². The van der Waals surface area contributed by atoms with Crippen molar-refractivity contribution < 1.29 is 19.1 Å². The van der Waals surface area contributed by atoms with Gasteiger partial charge in [-0.1, -0.05) is 44.2 Å². The van der Waals surface area contributed by atoms with Crippen molar-refractivity contribution in [1.29, 1.82) is 0 Å². The van der Waals surface area contributed by atoms with E-state index in [1.165, 1.54) is 0 Å². The number of ether oxygens (including phenoxy) is 2. The molecule has 6 heteroatoms. The number of β-lactam (4-membered cyclic amide) rings is 1. The number of carbonyl (C=O) groups excluding carboxylic acids is 2. The number of benzene rings is 1. The van der Waals surface area contributed by atoms with Crippen molar-refractivity contribution in [2.45, 2.75) is 51.1 Å². The SMILES string of the molecule is CC(C)[C@H]1CN(C(=O)OCc2ccccc2)[C@H]2N1C(=O)[C@@]21CCCO1. The van der Waals surface area contributed by atoms with E-state index in [-0.39, 0.29) is 36.7 Å². The number of hydrogen-bond donors (Lipinski definition) is 0. The van der Waals surface area contributed by atoms with Gasteiger partial charge >= 0.3 is 6.09 Å². The lowest BCUT2D eigenvalue weighted by Gasteiger charge is -2.53. The molecule has 3 atom stereocenters. The largest absolute Gasteiger partial charge is 0.444 e. The zero-order valence-electron chi connectivity index (χ0n) is 14.7. The second-order valence-corrected chi connectivity index (χ2v) is 7.43. The molecule has 0 radical (unpaired) electrons. The molecule has 1 spiro atoms. The topological polar surface area (TPSA) is 59.1 Å². The predicted octanol–water partition coefficient (Wildman–Crippen LogP) is 2.38. The standard InChI is InChI=1S/C19H24N2O4/c1-13(2)15-11-20(18(23)24-12-14-7-4-3-5-8-14)16-19(9-6-10-25-19)17(22)21(15)16/h3-5,7-8,13,15-16H,6,9-12H2,1-2H3/t15-,16+,19-/m1/s1. The molecule has 2 amide bonds. The highest BCUT2D eigenvalue weighted by atomic mass is 16.6. The maximum atomic E-state index is 12.8. The minimum Gasteiger partial charge on any atom is -0.444 e. The summed E-state index contributed by atoms with van der Waals surface area (Å²) in [6, 6.07) is 9.64. The fourth-order valence-electron chi connectivity index (χ4n) is 4.26. The number of hydrogen-bond acceptors (Lipinski definition) is 4. The maximum absolute atomic E-state index is 12.8. The molecule has 4 rings (SSSR count). The van der Waals surface area contributed by atoms with Crippen LogP contribution in [-0.2, 0) is 20.9 Å². The van der Waals surface area contributed by atoms with Crippen LogP contribution in [0.25, 0.3) is 0 Å². The first-order chi connectivity index (χ1) is 12.0. The zero-order valence-corrected chi connectivity index (χ0v) is 14.7. The van der Waals surface area contributed by atoms with E-state index < -0.39 is 5.60 Å². The van der Waals surface area contributed by atoms with Gasteiger partial charge in [0.05, 0.1) is 6.04 Å². The second-order valence-electron chi connectivity index (χ2n) is 7.43. The molecule has 3 fully saturated rings. The van der Waals surface area contributed by atoms with Gasteiger partial charge in [0.15, 0.2) is 5.60 Å². The molecule has 3 aliphatic heterocycles. The highest BCUT2D eigenvalue weighted by Crippen LogP contribution is 2.49. The van der Waals surface area contributed by atoms with Crippen molar-refractivity contribution in [1.82, 2.24) is 9.80 Å². The summed E-state index contributed by atoms with van der Waals surface area (Å²) in [5, 5.41) is 0. The Balaban J connectivity index is 1.52. The number of carbonyl (C=O) groups is 2. The fraction of sp³-hybridized carbons (Fsp3) is 0.579. The molecule has 3 aliphatic rings. The van der Waals surface area contributed by atoms with Crippen molar-refractivity contribution in [3.05, 3.63) is 35.9 Å². The Morgan fingerprint density at radius 3 is 2.76 bits per heavy atom. The Labute approximate surface area is 147 Å². The molecule has 0 N–H and O–H groups in total. The van der Waals surface area contributed by atoms with Crippen LogP contribution in [0.5, 0.6) is 0 Å². The van der Waals surface area contributed by atoms with E-state index in [0.29, 0.717) is 19.6 Å². The van der Waals surface area contributed by atoms with E-state index >= 15 is 0 Å². The van der Waals surface area contributed by atoms with Gasteiger partial charge in [-0.05, 0) is 24.3 Å². The first-order valence-corrected chi connectivity index (χ1v) is 8.98. The summed E-state index contributed by atoms with van der Waals surface area (Å²) in [7, 11) is 0. The Morgan fingerprint density at radius 2 is 2.12 bits per heavy atom. The van der Waals surface area contributed by atoms with Gasteiger partial charge in [-0.3, -0.25) is 9.69 Å². The van der Waals surface area contributed by atoms with Crippen LogP contribution in [0.4, 0.5) is 4.79 Å². The maximum Gasteiger partial charge on any atom is 0.411 e. The third kappa shape index (κ3) is 2.42. The normalized spacial score (nSPS) is 30.8. The van der Waals surface area contributed by atoms with Gasteiger partial charge in [-0.15, -0.1) is 0 Å². The van der Waals surface area contributed by atoms with Gasteiger partial charge < -0.3 is 14.4 Å². The van der Waals surface area contributed by atoms with Crippen LogP contribution in [0.1, 0.15) is 32.3 Å². The molecule has 3 saturated heterocycles. The highest BCUT2D eigenvalue weighted by molar-refractivity contribution is 5.95. The van der Waals surface area contributed by atoms with Gasteiger partial charge in [0, 0.05) is 13.2 Å². The fourth-order valence-corrected chi connectivity index (χ4v) is 4.26. The molecule has 3 heterocycles. The Bertz CT molecular complexity index is 669. The lowest BCUT2D eigenvalue weighted by Crippen LogP contribution is -2.76. The van der Waals surface area contributed by atoms with E-state index in [1.807, 2.05) is 35.2 Å². The molecule has 25 heavy (non-hydrogen) atoms. The van der Waals surface area contributed by atoms with Crippen molar-refractivity contribution in [3.63, 3.8) is 0 Å². The third-order valence-electron chi connectivity index (χ3n) is 5.57. The van der Waals surface area contributed by atoms with E-state index in [9.17, 15) is 9.59 Å². The van der Waals surface area contributed by atoms with Gasteiger partial charge in [-0.2, -0.15) is 0 Å². The first-order valence-electron chi connectivity index (χ1n) is 8.98. The molecule has 0 aliphatic carbocycles. The highest BCUT2D eigenvalue weighted by Gasteiger charge is 2.71. The summed E-state index contributed by atoms with van der Waals surface area (Å²) in [5.41, 5.74) is 0.110. The molecule has 0 aromatic heterocycles. The summed E-state index contributed by atoms with van der Waals surface area (Å²) < 4.78 is 11.4. The molecule has 0 unspecified atom stereocenters. The number of amides is 2. The number of nitrogens with zero attached hydrogens (tertiary/aromatic N) is 2. The minimum absolute atomic E-state index is 0.0246. The molecule has 134 valence electrons. The lowest BCUT2D eigenvalue weighted by atomic mass is 9.84. The van der Waals surface area contributed by atoms with Crippen molar-refractivity contribution in [3.8, 4) is 0 Å². The van der Waals surface area contributed by atoms with Crippen molar-refractivity contribution in [2.75, 3.05) is 13.2 Å². The molecular formula is C19H24N2O4. The van der Waals surface area contributed by atoms with E-state index in [2.05, 4.69) is 13.8 Å². The monoisotopic (exact) mass is 344 g/mol.